The lowest BCUT2D eigenvalue weighted by molar-refractivity contribution is -0.123. The van der Waals surface area contributed by atoms with Gasteiger partial charge in [0.2, 0.25) is 11.8 Å². The fourth-order valence-electron chi connectivity index (χ4n) is 5.14. The van der Waals surface area contributed by atoms with E-state index in [1.165, 1.54) is 28.8 Å². The fraction of sp³-hybridized carbons (Fsp3) is 0.433. The number of carbonyl (C=O) groups is 2. The number of halogens is 1. The summed E-state index contributed by atoms with van der Waals surface area (Å²) in [4.78, 5) is 28.5. The highest BCUT2D eigenvalue weighted by molar-refractivity contribution is 8.00. The molecule has 40 heavy (non-hydrogen) atoms. The highest BCUT2D eigenvalue weighted by Gasteiger charge is 2.40. The Bertz CT molecular complexity index is 1380. The number of anilines is 1. The Morgan fingerprint density at radius 1 is 1.23 bits per heavy atom. The van der Waals surface area contributed by atoms with Gasteiger partial charge >= 0.3 is 0 Å². The molecule has 3 aromatic rings. The number of aromatic nitrogens is 2. The number of thioether (sulfide) groups is 1. The van der Waals surface area contributed by atoms with Gasteiger partial charge in [0.05, 0.1) is 35.6 Å². The largest absolute Gasteiger partial charge is 0.497 e. The van der Waals surface area contributed by atoms with Crippen molar-refractivity contribution in [3.8, 4) is 11.4 Å². The van der Waals surface area contributed by atoms with Crippen LogP contribution in [0.25, 0.3) is 5.69 Å². The van der Waals surface area contributed by atoms with Crippen LogP contribution in [0.5, 0.6) is 5.75 Å². The van der Waals surface area contributed by atoms with Crippen molar-refractivity contribution in [2.45, 2.75) is 50.4 Å². The van der Waals surface area contributed by atoms with E-state index in [2.05, 4.69) is 26.1 Å². The monoisotopic (exact) mass is 566 g/mol. The molecular weight excluding hydrogens is 531 g/mol. The number of nitrogens with zero attached hydrogens (tertiary/aromatic N) is 3. The minimum absolute atomic E-state index is 0.00965. The van der Waals surface area contributed by atoms with E-state index in [1.807, 2.05) is 30.3 Å². The van der Waals surface area contributed by atoms with E-state index in [0.717, 1.165) is 35.3 Å². The molecule has 10 heteroatoms. The van der Waals surface area contributed by atoms with Crippen LogP contribution >= 0.6 is 11.8 Å². The third-order valence-corrected chi connectivity index (χ3v) is 8.38. The van der Waals surface area contributed by atoms with Crippen LogP contribution in [0.1, 0.15) is 55.7 Å². The van der Waals surface area contributed by atoms with Gasteiger partial charge in [-0.1, -0.05) is 32.9 Å². The lowest BCUT2D eigenvalue weighted by Crippen LogP contribution is -2.44. The number of fused-ring (bicyclic) bond motifs is 1. The highest BCUT2D eigenvalue weighted by Crippen LogP contribution is 2.48. The minimum Gasteiger partial charge on any atom is -0.497 e. The van der Waals surface area contributed by atoms with Crippen molar-refractivity contribution in [1.82, 2.24) is 15.1 Å². The zero-order chi connectivity index (χ0) is 28.4. The zero-order valence-electron chi connectivity index (χ0n) is 23.3. The quantitative estimate of drug-likeness (QED) is 0.443. The molecule has 0 saturated carbocycles. The van der Waals surface area contributed by atoms with Crippen molar-refractivity contribution in [3.63, 3.8) is 0 Å². The first-order chi connectivity index (χ1) is 19.2. The Balaban J connectivity index is 1.65. The Morgan fingerprint density at radius 2 is 2.00 bits per heavy atom. The molecule has 0 unspecified atom stereocenters. The van der Waals surface area contributed by atoms with Crippen LogP contribution in [-0.2, 0) is 19.7 Å². The number of benzene rings is 2. The number of methoxy groups -OCH3 is 1. The standard InChI is InChI=1S/C30H35FN4O4S/c1-30(2,3)28-26-27(19-7-5-8-20(31)15-19)40-18-25(37)34(17-24(36)32-16-23-9-6-14-39-23)29(26)35(33-28)21-10-12-22(38-4)13-11-21/h5,7-8,10-13,15,23,27H,6,9,14,16-18H2,1-4H3,(H,32,36)/t23-,27+/m1/s1. The molecular formula is C30H35FN4O4S. The van der Waals surface area contributed by atoms with Gasteiger partial charge in [-0.3, -0.25) is 14.5 Å². The summed E-state index contributed by atoms with van der Waals surface area (Å²) in [6.45, 7) is 7.12. The van der Waals surface area contributed by atoms with Crippen molar-refractivity contribution in [3.05, 3.63) is 71.2 Å². The summed E-state index contributed by atoms with van der Waals surface area (Å²) >= 11 is 1.42. The molecule has 3 heterocycles. The summed E-state index contributed by atoms with van der Waals surface area (Å²) in [5.74, 6) is 0.497. The second-order valence-electron chi connectivity index (χ2n) is 11.1. The number of carbonyl (C=O) groups excluding carboxylic acids is 2. The predicted octanol–water partition coefficient (Wildman–Crippen LogP) is 4.78. The molecule has 2 aliphatic heterocycles. The molecule has 2 aliphatic rings. The molecule has 0 radical (unpaired) electrons. The molecule has 0 spiro atoms. The average molecular weight is 567 g/mol. The van der Waals surface area contributed by atoms with Gasteiger partial charge in [0, 0.05) is 24.1 Å². The molecule has 2 atom stereocenters. The van der Waals surface area contributed by atoms with Crippen molar-refractivity contribution < 1.29 is 23.5 Å². The number of nitrogens with one attached hydrogen (secondary N) is 1. The molecule has 212 valence electrons. The average Bonchev–Trinajstić information content (AvgIpc) is 3.56. The van der Waals surface area contributed by atoms with Gasteiger partial charge in [0.1, 0.15) is 23.9 Å². The maximum Gasteiger partial charge on any atom is 0.240 e. The van der Waals surface area contributed by atoms with Crippen molar-refractivity contribution in [2.24, 2.45) is 0 Å². The first-order valence-corrected chi connectivity index (χ1v) is 14.5. The van der Waals surface area contributed by atoms with Crippen LogP contribution < -0.4 is 15.0 Å². The molecule has 1 fully saturated rings. The smallest absolute Gasteiger partial charge is 0.240 e. The molecule has 0 bridgehead atoms. The SMILES string of the molecule is COc1ccc(-n2nc(C(C)(C)C)c3c2N(CC(=O)NC[C@H]2CCCO2)C(=O)CS[C@H]3c2cccc(F)c2)cc1. The highest BCUT2D eigenvalue weighted by atomic mass is 32.2. The van der Waals surface area contributed by atoms with Crippen LogP contribution in [0.3, 0.4) is 0 Å². The van der Waals surface area contributed by atoms with Crippen LogP contribution in [0.4, 0.5) is 10.2 Å². The van der Waals surface area contributed by atoms with E-state index < -0.39 is 5.41 Å². The molecule has 0 aliphatic carbocycles. The van der Waals surface area contributed by atoms with Gasteiger partial charge < -0.3 is 14.8 Å². The zero-order valence-corrected chi connectivity index (χ0v) is 24.1. The summed E-state index contributed by atoms with van der Waals surface area (Å²) in [6.07, 6.45) is 1.87. The summed E-state index contributed by atoms with van der Waals surface area (Å²) < 4.78 is 27.2. The minimum atomic E-state index is -0.408. The lowest BCUT2D eigenvalue weighted by atomic mass is 9.87. The van der Waals surface area contributed by atoms with Crippen LogP contribution in [-0.4, -0.2) is 60.3 Å². The molecule has 2 aromatic carbocycles. The van der Waals surface area contributed by atoms with E-state index >= 15 is 0 Å². The molecule has 1 saturated heterocycles. The Morgan fingerprint density at radius 3 is 2.65 bits per heavy atom. The summed E-state index contributed by atoms with van der Waals surface area (Å²) in [6, 6.07) is 13.9. The van der Waals surface area contributed by atoms with Crippen molar-refractivity contribution in [2.75, 3.05) is 37.5 Å². The third-order valence-electron chi connectivity index (χ3n) is 7.12. The third kappa shape index (κ3) is 5.88. The van der Waals surface area contributed by atoms with Crippen molar-refractivity contribution in [1.29, 1.82) is 0 Å². The first kappa shape index (κ1) is 28.2. The number of hydrogen-bond donors (Lipinski definition) is 1. The second-order valence-corrected chi connectivity index (χ2v) is 12.2. The van der Waals surface area contributed by atoms with Gasteiger partial charge in [0.15, 0.2) is 0 Å². The lowest BCUT2D eigenvalue weighted by Gasteiger charge is -2.25. The van der Waals surface area contributed by atoms with E-state index in [4.69, 9.17) is 14.6 Å². The van der Waals surface area contributed by atoms with E-state index in [0.29, 0.717) is 24.7 Å². The van der Waals surface area contributed by atoms with Gasteiger partial charge in [0.25, 0.3) is 0 Å². The number of ether oxygens (including phenoxy) is 2. The Kier molecular flexibility index (Phi) is 8.19. The van der Waals surface area contributed by atoms with E-state index in [9.17, 15) is 14.0 Å². The van der Waals surface area contributed by atoms with Crippen LogP contribution in [0, 0.1) is 5.82 Å². The maximum atomic E-state index is 14.4. The predicted molar refractivity (Wildman–Crippen MR) is 154 cm³/mol. The van der Waals surface area contributed by atoms with E-state index in [1.54, 1.807) is 17.9 Å². The molecule has 8 nitrogen and oxygen atoms in total. The molecule has 2 amide bonds. The maximum absolute atomic E-state index is 14.4. The van der Waals surface area contributed by atoms with Gasteiger partial charge in [-0.2, -0.15) is 5.10 Å². The first-order valence-electron chi connectivity index (χ1n) is 13.5. The molecule has 5 rings (SSSR count). The summed E-state index contributed by atoms with van der Waals surface area (Å²) in [5.41, 5.74) is 2.63. The van der Waals surface area contributed by atoms with Crippen LogP contribution in [0.15, 0.2) is 48.5 Å². The second kappa shape index (κ2) is 11.6. The Labute approximate surface area is 238 Å². The fourth-order valence-corrected chi connectivity index (χ4v) is 6.33. The normalized spacial score (nSPS) is 19.3. The van der Waals surface area contributed by atoms with Gasteiger partial charge in [-0.15, -0.1) is 11.8 Å². The van der Waals surface area contributed by atoms with Gasteiger partial charge in [-0.25, -0.2) is 9.07 Å². The Hall–Kier alpha value is -3.37. The summed E-state index contributed by atoms with van der Waals surface area (Å²) in [7, 11) is 1.60. The van der Waals surface area contributed by atoms with Crippen LogP contribution in [0.2, 0.25) is 0 Å². The van der Waals surface area contributed by atoms with Gasteiger partial charge in [-0.05, 0) is 54.8 Å². The summed E-state index contributed by atoms with van der Waals surface area (Å²) in [5, 5.41) is 7.63. The topological polar surface area (TPSA) is 85.7 Å². The number of hydrogen-bond acceptors (Lipinski definition) is 6. The number of rotatable bonds is 7. The number of amides is 2. The molecule has 1 N–H and O–H groups in total. The molecule has 1 aromatic heterocycles. The van der Waals surface area contributed by atoms with Crippen molar-refractivity contribution >= 4 is 29.4 Å². The van der Waals surface area contributed by atoms with E-state index in [-0.39, 0.29) is 41.3 Å².